The van der Waals surface area contributed by atoms with Crippen LogP contribution < -0.4 is 0 Å². The lowest BCUT2D eigenvalue weighted by Gasteiger charge is -2.28. The number of aromatic nitrogens is 2. The molecule has 1 fully saturated rings. The van der Waals surface area contributed by atoms with Crippen molar-refractivity contribution in [2.75, 3.05) is 20.1 Å². The van der Waals surface area contributed by atoms with Crippen LogP contribution in [0.25, 0.3) is 10.9 Å². The van der Waals surface area contributed by atoms with E-state index >= 15 is 0 Å². The summed E-state index contributed by atoms with van der Waals surface area (Å²) < 4.78 is 3.15. The number of likely N-dealkylation sites (tertiary alicyclic amines) is 1. The van der Waals surface area contributed by atoms with Crippen LogP contribution >= 0.6 is 15.9 Å². The summed E-state index contributed by atoms with van der Waals surface area (Å²) in [5.41, 5.74) is 2.51. The molecule has 0 saturated carbocycles. The molecule has 3 rings (SSSR count). The molecule has 1 saturated heterocycles. The van der Waals surface area contributed by atoms with Gasteiger partial charge in [-0.3, -0.25) is 4.68 Å². The van der Waals surface area contributed by atoms with Crippen molar-refractivity contribution in [1.29, 1.82) is 0 Å². The van der Waals surface area contributed by atoms with E-state index in [1.54, 1.807) is 0 Å². The largest absolute Gasteiger partial charge is 0.306 e. The van der Waals surface area contributed by atoms with E-state index in [-0.39, 0.29) is 0 Å². The summed E-state index contributed by atoms with van der Waals surface area (Å²) in [4.78, 5) is 2.40. The average Bonchev–Trinajstić information content (AvgIpc) is 2.67. The molecule has 0 aliphatic carbocycles. The summed E-state index contributed by atoms with van der Waals surface area (Å²) >= 11 is 3.56. The molecule has 96 valence electrons. The fourth-order valence-electron chi connectivity index (χ4n) is 2.85. The number of halogens is 1. The lowest BCUT2D eigenvalue weighted by atomic mass is 9.92. The molecule has 1 aliphatic heterocycles. The first kappa shape index (κ1) is 12.2. The van der Waals surface area contributed by atoms with Crippen molar-refractivity contribution in [2.45, 2.75) is 18.8 Å². The van der Waals surface area contributed by atoms with Crippen molar-refractivity contribution in [2.24, 2.45) is 7.05 Å². The molecule has 2 aromatic rings. The van der Waals surface area contributed by atoms with Crippen molar-refractivity contribution in [3.8, 4) is 0 Å². The van der Waals surface area contributed by atoms with Gasteiger partial charge in [0.2, 0.25) is 0 Å². The van der Waals surface area contributed by atoms with Crippen molar-refractivity contribution >= 4 is 26.8 Å². The number of aryl methyl sites for hydroxylation is 1. The molecule has 4 heteroatoms. The van der Waals surface area contributed by atoms with Crippen LogP contribution in [0.3, 0.4) is 0 Å². The van der Waals surface area contributed by atoms with Gasteiger partial charge in [0.25, 0.3) is 0 Å². The normalized spacial score (nSPS) is 18.6. The minimum absolute atomic E-state index is 0.610. The molecule has 1 aromatic carbocycles. The van der Waals surface area contributed by atoms with E-state index in [2.05, 4.69) is 46.1 Å². The smallest absolute Gasteiger partial charge is 0.0735 e. The zero-order valence-electron chi connectivity index (χ0n) is 10.9. The number of hydrogen-bond acceptors (Lipinski definition) is 2. The first-order valence-electron chi connectivity index (χ1n) is 6.46. The molecule has 0 unspecified atom stereocenters. The third-order valence-corrected chi connectivity index (χ3v) is 4.44. The van der Waals surface area contributed by atoms with Crippen LogP contribution in [0, 0.1) is 0 Å². The van der Waals surface area contributed by atoms with Crippen LogP contribution in [-0.4, -0.2) is 34.8 Å². The van der Waals surface area contributed by atoms with Gasteiger partial charge in [-0.15, -0.1) is 0 Å². The summed E-state index contributed by atoms with van der Waals surface area (Å²) in [6.07, 6.45) is 2.43. The third-order valence-electron chi connectivity index (χ3n) is 3.95. The lowest BCUT2D eigenvalue weighted by molar-refractivity contribution is 0.253. The van der Waals surface area contributed by atoms with Gasteiger partial charge < -0.3 is 4.90 Å². The molecule has 0 bridgehead atoms. The van der Waals surface area contributed by atoms with Gasteiger partial charge in [0.15, 0.2) is 0 Å². The second kappa shape index (κ2) is 4.67. The molecule has 0 N–H and O–H groups in total. The fraction of sp³-hybridized carbons (Fsp3) is 0.500. The summed E-state index contributed by atoms with van der Waals surface area (Å²) in [5.74, 6) is 0.610. The summed E-state index contributed by atoms with van der Waals surface area (Å²) in [6, 6.07) is 6.43. The van der Waals surface area contributed by atoms with E-state index in [0.717, 1.165) is 4.47 Å². The quantitative estimate of drug-likeness (QED) is 0.807. The molecule has 1 aliphatic rings. The number of piperidine rings is 1. The van der Waals surface area contributed by atoms with Crippen LogP contribution in [-0.2, 0) is 7.05 Å². The van der Waals surface area contributed by atoms with Crippen molar-refractivity contribution in [1.82, 2.24) is 14.7 Å². The van der Waals surface area contributed by atoms with E-state index in [0.29, 0.717) is 5.92 Å². The molecular formula is C14H18BrN3. The Labute approximate surface area is 116 Å². The Bertz CT molecular complexity index is 568. The maximum absolute atomic E-state index is 4.76. The highest BCUT2D eigenvalue weighted by atomic mass is 79.9. The van der Waals surface area contributed by atoms with E-state index < -0.39 is 0 Å². The molecular weight excluding hydrogens is 290 g/mol. The molecule has 1 aromatic heterocycles. The van der Waals surface area contributed by atoms with Crippen molar-refractivity contribution in [3.63, 3.8) is 0 Å². The molecule has 0 atom stereocenters. The van der Waals surface area contributed by atoms with Crippen LogP contribution in [0.4, 0.5) is 0 Å². The fourth-order valence-corrected chi connectivity index (χ4v) is 3.21. The second-order valence-corrected chi connectivity index (χ2v) is 6.16. The number of fused-ring (bicyclic) bond motifs is 1. The number of rotatable bonds is 1. The molecule has 0 spiro atoms. The van der Waals surface area contributed by atoms with Crippen LogP contribution in [0.1, 0.15) is 24.5 Å². The van der Waals surface area contributed by atoms with Gasteiger partial charge in [-0.05, 0) is 51.2 Å². The van der Waals surface area contributed by atoms with Crippen molar-refractivity contribution < 1.29 is 0 Å². The Morgan fingerprint density at radius 3 is 2.67 bits per heavy atom. The first-order chi connectivity index (χ1) is 8.65. The van der Waals surface area contributed by atoms with Gasteiger partial charge in [-0.25, -0.2) is 0 Å². The highest BCUT2D eigenvalue weighted by Crippen LogP contribution is 2.33. The van der Waals surface area contributed by atoms with Crippen molar-refractivity contribution in [3.05, 3.63) is 28.4 Å². The van der Waals surface area contributed by atoms with E-state index in [1.165, 1.54) is 42.5 Å². The zero-order chi connectivity index (χ0) is 12.7. The Morgan fingerprint density at radius 2 is 1.94 bits per heavy atom. The van der Waals surface area contributed by atoms with Gasteiger partial charge in [0, 0.05) is 22.8 Å². The highest BCUT2D eigenvalue weighted by Gasteiger charge is 2.23. The van der Waals surface area contributed by atoms with Gasteiger partial charge >= 0.3 is 0 Å². The van der Waals surface area contributed by atoms with Gasteiger partial charge in [0.1, 0.15) is 0 Å². The summed E-state index contributed by atoms with van der Waals surface area (Å²) in [5, 5.41) is 6.06. The number of benzene rings is 1. The van der Waals surface area contributed by atoms with E-state index in [4.69, 9.17) is 5.10 Å². The predicted octanol–water partition coefficient (Wildman–Crippen LogP) is 3.15. The summed E-state index contributed by atoms with van der Waals surface area (Å²) in [6.45, 7) is 2.35. The second-order valence-electron chi connectivity index (χ2n) is 5.25. The molecule has 3 nitrogen and oxygen atoms in total. The zero-order valence-corrected chi connectivity index (χ0v) is 12.4. The van der Waals surface area contributed by atoms with Crippen LogP contribution in [0.2, 0.25) is 0 Å². The Morgan fingerprint density at radius 1 is 1.22 bits per heavy atom. The van der Waals surface area contributed by atoms with Gasteiger partial charge in [-0.1, -0.05) is 15.9 Å². The monoisotopic (exact) mass is 307 g/mol. The lowest BCUT2D eigenvalue weighted by Crippen LogP contribution is -2.29. The predicted molar refractivity (Wildman–Crippen MR) is 77.9 cm³/mol. The highest BCUT2D eigenvalue weighted by molar-refractivity contribution is 9.10. The van der Waals surface area contributed by atoms with Gasteiger partial charge in [-0.2, -0.15) is 5.10 Å². The minimum Gasteiger partial charge on any atom is -0.306 e. The molecule has 0 radical (unpaired) electrons. The minimum atomic E-state index is 0.610. The Kier molecular flexibility index (Phi) is 3.16. The van der Waals surface area contributed by atoms with Gasteiger partial charge in [0.05, 0.1) is 11.2 Å². The Balaban J connectivity index is 2.03. The summed E-state index contributed by atoms with van der Waals surface area (Å²) in [7, 11) is 4.23. The third kappa shape index (κ3) is 2.08. The molecule has 0 amide bonds. The maximum atomic E-state index is 4.76. The molecule has 2 heterocycles. The standard InChI is InChI=1S/C14H18BrN3/c1-17-7-5-10(6-8-17)14-12-9-11(15)3-4-13(12)18(2)16-14/h3-4,9-10H,5-8H2,1-2H3. The topological polar surface area (TPSA) is 21.1 Å². The van der Waals surface area contributed by atoms with E-state index in [9.17, 15) is 0 Å². The average molecular weight is 308 g/mol. The maximum Gasteiger partial charge on any atom is 0.0735 e. The molecule has 18 heavy (non-hydrogen) atoms. The van der Waals surface area contributed by atoms with E-state index in [1.807, 2.05) is 11.7 Å². The van der Waals surface area contributed by atoms with Crippen LogP contribution in [0.15, 0.2) is 22.7 Å². The van der Waals surface area contributed by atoms with Crippen LogP contribution in [0.5, 0.6) is 0 Å². The SMILES string of the molecule is CN1CCC(c2nn(C)c3ccc(Br)cc23)CC1. The number of hydrogen-bond donors (Lipinski definition) is 0. The number of nitrogens with zero attached hydrogens (tertiary/aromatic N) is 3. The Hall–Kier alpha value is -0.870. The first-order valence-corrected chi connectivity index (χ1v) is 7.25.